The van der Waals surface area contributed by atoms with E-state index in [9.17, 15) is 14.7 Å². The summed E-state index contributed by atoms with van der Waals surface area (Å²) in [5, 5.41) is 9.29. The maximum Gasteiger partial charge on any atom is 0.307 e. The molecule has 3 N–H and O–H groups in total. The fraction of sp³-hybridized carbons (Fsp3) is 0.300. The van der Waals surface area contributed by atoms with E-state index in [1.807, 2.05) is 48.5 Å². The van der Waals surface area contributed by atoms with E-state index in [1.165, 1.54) is 0 Å². The van der Waals surface area contributed by atoms with Crippen LogP contribution in [0.3, 0.4) is 0 Å². The third-order valence-corrected chi connectivity index (χ3v) is 4.98. The topological polar surface area (TPSA) is 83.6 Å². The molecule has 5 heteroatoms. The van der Waals surface area contributed by atoms with Crippen LogP contribution in [0.2, 0.25) is 0 Å². The number of carboxylic acid groups (broad SMARTS) is 1. The Labute approximate surface area is 147 Å². The van der Waals surface area contributed by atoms with Gasteiger partial charge in [0, 0.05) is 18.4 Å². The van der Waals surface area contributed by atoms with Gasteiger partial charge in [0.2, 0.25) is 5.91 Å². The molecule has 1 amide bonds. The molecule has 0 aromatic heterocycles. The highest BCUT2D eigenvalue weighted by Crippen LogP contribution is 2.34. The second-order valence-corrected chi connectivity index (χ2v) is 6.55. The summed E-state index contributed by atoms with van der Waals surface area (Å²) in [6, 6.07) is 15.3. The Morgan fingerprint density at radius 2 is 1.48 bits per heavy atom. The molecule has 130 valence electrons. The van der Waals surface area contributed by atoms with E-state index in [4.69, 9.17) is 5.73 Å². The SMILES string of the molecule is CN(C(=O)[C@@H]1CCC[C@H]1C(=O)O)c1ccc(-c2ccc(N)cc2)cc1. The molecule has 1 saturated carbocycles. The van der Waals surface area contributed by atoms with Gasteiger partial charge in [0.05, 0.1) is 11.8 Å². The van der Waals surface area contributed by atoms with Crippen molar-refractivity contribution in [1.82, 2.24) is 0 Å². The quantitative estimate of drug-likeness (QED) is 0.837. The minimum atomic E-state index is -0.872. The third kappa shape index (κ3) is 3.50. The van der Waals surface area contributed by atoms with Crippen LogP contribution in [0.1, 0.15) is 19.3 Å². The van der Waals surface area contributed by atoms with E-state index in [0.29, 0.717) is 12.8 Å². The van der Waals surface area contributed by atoms with Crippen molar-refractivity contribution in [2.24, 2.45) is 11.8 Å². The molecule has 2 atom stereocenters. The van der Waals surface area contributed by atoms with Gasteiger partial charge in [-0.15, -0.1) is 0 Å². The molecule has 25 heavy (non-hydrogen) atoms. The molecule has 2 aromatic rings. The van der Waals surface area contributed by atoms with Crippen molar-refractivity contribution in [1.29, 1.82) is 0 Å². The number of anilines is 2. The summed E-state index contributed by atoms with van der Waals surface area (Å²) in [4.78, 5) is 25.6. The Morgan fingerprint density at radius 3 is 2.04 bits per heavy atom. The molecule has 0 unspecified atom stereocenters. The van der Waals surface area contributed by atoms with Crippen LogP contribution in [0.5, 0.6) is 0 Å². The van der Waals surface area contributed by atoms with Crippen LogP contribution >= 0.6 is 0 Å². The lowest BCUT2D eigenvalue weighted by molar-refractivity contribution is -0.145. The normalized spacial score (nSPS) is 19.6. The summed E-state index contributed by atoms with van der Waals surface area (Å²) >= 11 is 0. The summed E-state index contributed by atoms with van der Waals surface area (Å²) in [5.74, 6) is -1.99. The second kappa shape index (κ2) is 6.97. The van der Waals surface area contributed by atoms with Gasteiger partial charge >= 0.3 is 5.97 Å². The largest absolute Gasteiger partial charge is 0.481 e. The summed E-state index contributed by atoms with van der Waals surface area (Å²) in [5.41, 5.74) is 9.28. The van der Waals surface area contributed by atoms with Gasteiger partial charge in [-0.2, -0.15) is 0 Å². The van der Waals surface area contributed by atoms with Gasteiger partial charge in [0.15, 0.2) is 0 Å². The zero-order chi connectivity index (χ0) is 18.0. The Balaban J connectivity index is 1.76. The smallest absolute Gasteiger partial charge is 0.307 e. The van der Waals surface area contributed by atoms with Crippen LogP contribution in [0.15, 0.2) is 48.5 Å². The van der Waals surface area contributed by atoms with Crippen molar-refractivity contribution in [3.63, 3.8) is 0 Å². The van der Waals surface area contributed by atoms with Crippen LogP contribution in [0.25, 0.3) is 11.1 Å². The van der Waals surface area contributed by atoms with Gasteiger partial charge < -0.3 is 15.7 Å². The number of benzene rings is 2. The van der Waals surface area contributed by atoms with Crippen molar-refractivity contribution in [2.45, 2.75) is 19.3 Å². The summed E-state index contributed by atoms with van der Waals surface area (Å²) in [7, 11) is 1.71. The first kappa shape index (κ1) is 17.0. The van der Waals surface area contributed by atoms with Crippen molar-refractivity contribution in [3.8, 4) is 11.1 Å². The lowest BCUT2D eigenvalue weighted by atomic mass is 9.94. The zero-order valence-corrected chi connectivity index (χ0v) is 14.2. The van der Waals surface area contributed by atoms with E-state index >= 15 is 0 Å². The van der Waals surface area contributed by atoms with Gasteiger partial charge in [-0.25, -0.2) is 0 Å². The highest BCUT2D eigenvalue weighted by molar-refractivity contribution is 5.97. The first-order valence-corrected chi connectivity index (χ1v) is 8.43. The lowest BCUT2D eigenvalue weighted by Crippen LogP contribution is -2.36. The number of nitrogens with two attached hydrogens (primary N) is 1. The molecular weight excluding hydrogens is 316 g/mol. The van der Waals surface area contributed by atoms with Gasteiger partial charge in [-0.3, -0.25) is 9.59 Å². The average molecular weight is 338 g/mol. The maximum atomic E-state index is 12.7. The number of carboxylic acids is 1. The van der Waals surface area contributed by atoms with Gasteiger partial charge in [-0.05, 0) is 48.2 Å². The van der Waals surface area contributed by atoms with E-state index in [0.717, 1.165) is 28.9 Å². The van der Waals surface area contributed by atoms with Crippen LogP contribution in [0.4, 0.5) is 11.4 Å². The number of hydrogen-bond donors (Lipinski definition) is 2. The Bertz CT molecular complexity index is 769. The Kier molecular flexibility index (Phi) is 4.74. The number of hydrogen-bond acceptors (Lipinski definition) is 3. The molecule has 1 fully saturated rings. The molecule has 0 spiro atoms. The average Bonchev–Trinajstić information content (AvgIpc) is 3.11. The molecule has 2 aromatic carbocycles. The summed E-state index contributed by atoms with van der Waals surface area (Å²) < 4.78 is 0. The molecule has 0 bridgehead atoms. The lowest BCUT2D eigenvalue weighted by Gasteiger charge is -2.23. The van der Waals surface area contributed by atoms with Gasteiger partial charge in [-0.1, -0.05) is 30.7 Å². The first-order chi connectivity index (χ1) is 12.0. The summed E-state index contributed by atoms with van der Waals surface area (Å²) in [6.45, 7) is 0. The monoisotopic (exact) mass is 338 g/mol. The number of amides is 1. The molecule has 1 aliphatic carbocycles. The standard InChI is InChI=1S/C20H22N2O3/c1-22(19(23)17-3-2-4-18(17)20(24)25)16-11-7-14(8-12-16)13-5-9-15(21)10-6-13/h5-12,17-18H,2-4,21H2,1H3,(H,24,25)/t17-,18-/m1/s1. The van der Waals surface area contributed by atoms with Gasteiger partial charge in [0.25, 0.3) is 0 Å². The molecule has 0 saturated heterocycles. The van der Waals surface area contributed by atoms with E-state index < -0.39 is 17.8 Å². The highest BCUT2D eigenvalue weighted by atomic mass is 16.4. The number of nitrogens with zero attached hydrogens (tertiary/aromatic N) is 1. The number of rotatable bonds is 4. The molecule has 0 radical (unpaired) electrons. The number of carbonyl (C=O) groups is 2. The van der Waals surface area contributed by atoms with Crippen LogP contribution in [0, 0.1) is 11.8 Å². The predicted octanol–water partition coefficient (Wildman–Crippen LogP) is 3.40. The summed E-state index contributed by atoms with van der Waals surface area (Å²) in [6.07, 6.45) is 2.01. The van der Waals surface area contributed by atoms with Crippen LogP contribution in [-0.2, 0) is 9.59 Å². The molecule has 0 aliphatic heterocycles. The number of aliphatic carboxylic acids is 1. The van der Waals surface area contributed by atoms with Crippen molar-refractivity contribution < 1.29 is 14.7 Å². The van der Waals surface area contributed by atoms with Gasteiger partial charge in [0.1, 0.15) is 0 Å². The first-order valence-electron chi connectivity index (χ1n) is 8.43. The Hall–Kier alpha value is -2.82. The van der Waals surface area contributed by atoms with E-state index in [1.54, 1.807) is 11.9 Å². The van der Waals surface area contributed by atoms with E-state index in [2.05, 4.69) is 0 Å². The minimum Gasteiger partial charge on any atom is -0.481 e. The third-order valence-electron chi connectivity index (χ3n) is 4.98. The number of nitrogen functional groups attached to an aromatic ring is 1. The van der Waals surface area contributed by atoms with Crippen LogP contribution in [-0.4, -0.2) is 24.0 Å². The molecule has 1 aliphatic rings. The van der Waals surface area contributed by atoms with E-state index in [-0.39, 0.29) is 5.91 Å². The maximum absolute atomic E-state index is 12.7. The highest BCUT2D eigenvalue weighted by Gasteiger charge is 2.39. The fourth-order valence-electron chi connectivity index (χ4n) is 3.48. The number of carbonyl (C=O) groups excluding carboxylic acids is 1. The molecular formula is C20H22N2O3. The Morgan fingerprint density at radius 1 is 0.960 bits per heavy atom. The predicted molar refractivity (Wildman–Crippen MR) is 98.2 cm³/mol. The van der Waals surface area contributed by atoms with Crippen molar-refractivity contribution >= 4 is 23.3 Å². The second-order valence-electron chi connectivity index (χ2n) is 6.55. The van der Waals surface area contributed by atoms with Crippen molar-refractivity contribution in [3.05, 3.63) is 48.5 Å². The van der Waals surface area contributed by atoms with Crippen molar-refractivity contribution in [2.75, 3.05) is 17.7 Å². The molecule has 0 heterocycles. The molecule has 5 nitrogen and oxygen atoms in total. The fourth-order valence-corrected chi connectivity index (χ4v) is 3.48. The zero-order valence-electron chi connectivity index (χ0n) is 14.2. The molecule has 3 rings (SSSR count). The minimum absolute atomic E-state index is 0.120. The van der Waals surface area contributed by atoms with Crippen LogP contribution < -0.4 is 10.6 Å².